The molecule has 28 heavy (non-hydrogen) atoms. The van der Waals surface area contributed by atoms with Gasteiger partial charge in [0.15, 0.2) is 11.6 Å². The Morgan fingerprint density at radius 1 is 1.32 bits per heavy atom. The Labute approximate surface area is 163 Å². The molecule has 1 unspecified atom stereocenters. The molecule has 1 amide bonds. The van der Waals surface area contributed by atoms with Gasteiger partial charge in [-0.3, -0.25) is 4.79 Å². The molecule has 0 saturated carbocycles. The number of aromatic nitrogens is 1. The number of anilines is 1. The third kappa shape index (κ3) is 4.04. The van der Waals surface area contributed by atoms with Gasteiger partial charge in [0.05, 0.1) is 6.10 Å². The molecule has 3 rings (SSSR count). The van der Waals surface area contributed by atoms with Crippen LogP contribution in [-0.2, 0) is 14.4 Å². The van der Waals surface area contributed by atoms with Crippen LogP contribution in [0.3, 0.4) is 0 Å². The first-order valence-electron chi connectivity index (χ1n) is 9.70. The summed E-state index contributed by atoms with van der Waals surface area (Å²) < 4.78 is 5.48. The summed E-state index contributed by atoms with van der Waals surface area (Å²) in [6.07, 6.45) is 1.68. The van der Waals surface area contributed by atoms with Crippen LogP contribution in [0, 0.1) is 11.8 Å². The molecule has 154 valence electrons. The standard InChI is InChI=1S/C19H27N3O6/c1-11(2)17(18(25)22-9-13(24)7-14(22)19(26)27)15-8-16(20-28-15)21-5-3-12(10-23)4-6-21/h8,10-14,17,24H,3-7,9H2,1-2H3,(H,26,27)/t13-,14+,17?/m1/s1. The predicted molar refractivity (Wildman–Crippen MR) is 98.8 cm³/mol. The van der Waals surface area contributed by atoms with Crippen molar-refractivity contribution in [3.05, 3.63) is 11.8 Å². The summed E-state index contributed by atoms with van der Waals surface area (Å²) in [5, 5.41) is 23.3. The first-order valence-corrected chi connectivity index (χ1v) is 9.70. The van der Waals surface area contributed by atoms with Gasteiger partial charge < -0.3 is 29.3 Å². The fourth-order valence-corrected chi connectivity index (χ4v) is 4.05. The van der Waals surface area contributed by atoms with Gasteiger partial charge in [-0.1, -0.05) is 19.0 Å². The molecule has 0 radical (unpaired) electrons. The van der Waals surface area contributed by atoms with Crippen molar-refractivity contribution in [3.63, 3.8) is 0 Å². The average Bonchev–Trinajstić information content (AvgIpc) is 3.28. The monoisotopic (exact) mass is 393 g/mol. The molecule has 3 heterocycles. The van der Waals surface area contributed by atoms with Crippen LogP contribution in [-0.4, -0.2) is 70.2 Å². The Morgan fingerprint density at radius 3 is 2.57 bits per heavy atom. The summed E-state index contributed by atoms with van der Waals surface area (Å²) in [5.74, 6) is -1.23. The lowest BCUT2D eigenvalue weighted by molar-refractivity contribution is -0.149. The number of nitrogens with zero attached hydrogens (tertiary/aromatic N) is 3. The van der Waals surface area contributed by atoms with Crippen LogP contribution in [0.4, 0.5) is 5.82 Å². The van der Waals surface area contributed by atoms with E-state index in [-0.39, 0.29) is 30.7 Å². The molecule has 0 spiro atoms. The van der Waals surface area contributed by atoms with E-state index < -0.39 is 24.0 Å². The van der Waals surface area contributed by atoms with Crippen LogP contribution in [0.1, 0.15) is 44.8 Å². The van der Waals surface area contributed by atoms with E-state index in [4.69, 9.17) is 4.52 Å². The minimum Gasteiger partial charge on any atom is -0.480 e. The van der Waals surface area contributed by atoms with E-state index in [9.17, 15) is 24.6 Å². The van der Waals surface area contributed by atoms with Crippen LogP contribution >= 0.6 is 0 Å². The summed E-state index contributed by atoms with van der Waals surface area (Å²) in [6, 6.07) is 0.694. The molecule has 3 atom stereocenters. The van der Waals surface area contributed by atoms with Crippen LogP contribution in [0.25, 0.3) is 0 Å². The molecule has 0 aliphatic carbocycles. The number of amides is 1. The van der Waals surface area contributed by atoms with E-state index >= 15 is 0 Å². The van der Waals surface area contributed by atoms with Crippen LogP contribution in [0.15, 0.2) is 10.6 Å². The van der Waals surface area contributed by atoms with Gasteiger partial charge in [-0.15, -0.1) is 0 Å². The third-order valence-electron chi connectivity index (χ3n) is 5.66. The molecule has 1 aromatic heterocycles. The van der Waals surface area contributed by atoms with Crippen molar-refractivity contribution in [3.8, 4) is 0 Å². The first-order chi connectivity index (χ1) is 13.3. The van der Waals surface area contributed by atoms with Gasteiger partial charge in [0.2, 0.25) is 5.91 Å². The number of piperidine rings is 1. The zero-order valence-electron chi connectivity index (χ0n) is 16.2. The second-order valence-corrected chi connectivity index (χ2v) is 8.00. The Hall–Kier alpha value is -2.42. The van der Waals surface area contributed by atoms with Crippen molar-refractivity contribution in [2.45, 2.75) is 51.2 Å². The largest absolute Gasteiger partial charge is 0.480 e. The number of β-amino-alcohol motifs (C(OH)–C–C–N with tert-alkyl or cyclic N) is 1. The lowest BCUT2D eigenvalue weighted by Gasteiger charge is -2.29. The summed E-state index contributed by atoms with van der Waals surface area (Å²) in [7, 11) is 0. The maximum atomic E-state index is 13.1. The van der Waals surface area contributed by atoms with E-state index in [1.807, 2.05) is 18.7 Å². The van der Waals surface area contributed by atoms with Gasteiger partial charge in [-0.25, -0.2) is 4.79 Å². The molecule has 2 N–H and O–H groups in total. The number of likely N-dealkylation sites (tertiary alicyclic amines) is 1. The Morgan fingerprint density at radius 2 is 2.00 bits per heavy atom. The number of carboxylic acid groups (broad SMARTS) is 1. The molecule has 9 nitrogen and oxygen atoms in total. The van der Waals surface area contributed by atoms with Crippen molar-refractivity contribution in [1.82, 2.24) is 10.1 Å². The molecule has 2 aliphatic rings. The van der Waals surface area contributed by atoms with E-state index in [2.05, 4.69) is 5.16 Å². The van der Waals surface area contributed by atoms with Gasteiger partial charge in [-0.2, -0.15) is 0 Å². The van der Waals surface area contributed by atoms with Crippen molar-refractivity contribution in [2.24, 2.45) is 11.8 Å². The molecule has 2 saturated heterocycles. The maximum Gasteiger partial charge on any atom is 0.326 e. The number of carbonyl (C=O) groups is 3. The second-order valence-electron chi connectivity index (χ2n) is 8.00. The zero-order chi connectivity index (χ0) is 20.4. The topological polar surface area (TPSA) is 124 Å². The van der Waals surface area contributed by atoms with E-state index in [1.54, 1.807) is 6.07 Å². The lowest BCUT2D eigenvalue weighted by Crippen LogP contribution is -2.44. The summed E-state index contributed by atoms with van der Waals surface area (Å²) in [5.41, 5.74) is 0. The zero-order valence-corrected chi connectivity index (χ0v) is 16.2. The van der Waals surface area contributed by atoms with Crippen LogP contribution < -0.4 is 4.90 Å². The lowest BCUT2D eigenvalue weighted by atomic mass is 9.91. The third-order valence-corrected chi connectivity index (χ3v) is 5.66. The van der Waals surface area contributed by atoms with Gasteiger partial charge in [0, 0.05) is 38.0 Å². The van der Waals surface area contributed by atoms with E-state index in [0.29, 0.717) is 24.7 Å². The number of hydrogen-bond acceptors (Lipinski definition) is 7. The Bertz CT molecular complexity index is 725. The first kappa shape index (κ1) is 20.3. The molecule has 9 heteroatoms. The van der Waals surface area contributed by atoms with E-state index in [0.717, 1.165) is 19.1 Å². The van der Waals surface area contributed by atoms with Crippen molar-refractivity contribution < 1.29 is 29.1 Å². The highest BCUT2D eigenvalue weighted by atomic mass is 16.5. The normalized spacial score (nSPS) is 24.6. The fourth-order valence-electron chi connectivity index (χ4n) is 4.05. The molecule has 2 fully saturated rings. The highest BCUT2D eigenvalue weighted by molar-refractivity contribution is 5.88. The minimum atomic E-state index is -1.12. The van der Waals surface area contributed by atoms with Crippen LogP contribution in [0.2, 0.25) is 0 Å². The quantitative estimate of drug-likeness (QED) is 0.683. The van der Waals surface area contributed by atoms with Gasteiger partial charge in [-0.05, 0) is 18.8 Å². The fraction of sp³-hybridized carbons (Fsp3) is 0.684. The van der Waals surface area contributed by atoms with E-state index in [1.165, 1.54) is 4.90 Å². The van der Waals surface area contributed by atoms with Gasteiger partial charge in [0.1, 0.15) is 18.2 Å². The number of rotatable bonds is 6. The number of hydrogen-bond donors (Lipinski definition) is 2. The number of aldehydes is 1. The van der Waals surface area contributed by atoms with Crippen molar-refractivity contribution >= 4 is 24.0 Å². The van der Waals surface area contributed by atoms with Gasteiger partial charge >= 0.3 is 5.97 Å². The van der Waals surface area contributed by atoms with Crippen molar-refractivity contribution in [2.75, 3.05) is 24.5 Å². The SMILES string of the molecule is CC(C)C(C(=O)N1C[C@H](O)C[C@H]1C(=O)O)c1cc(N2CCC(C=O)CC2)no1. The molecule has 0 aromatic carbocycles. The number of aliphatic hydroxyl groups is 1. The second kappa shape index (κ2) is 8.30. The minimum absolute atomic E-state index is 0.000771. The molecule has 1 aromatic rings. The number of carboxylic acids is 1. The highest BCUT2D eigenvalue weighted by Crippen LogP contribution is 2.33. The molecule has 2 aliphatic heterocycles. The summed E-state index contributed by atoms with van der Waals surface area (Å²) in [6.45, 7) is 5.11. The highest BCUT2D eigenvalue weighted by Gasteiger charge is 2.43. The van der Waals surface area contributed by atoms with Crippen LogP contribution in [0.5, 0.6) is 0 Å². The molecule has 0 bridgehead atoms. The average molecular weight is 393 g/mol. The number of carbonyl (C=O) groups excluding carboxylic acids is 2. The number of aliphatic carboxylic acids is 1. The smallest absolute Gasteiger partial charge is 0.326 e. The molecular weight excluding hydrogens is 366 g/mol. The Balaban J connectivity index is 1.78. The Kier molecular flexibility index (Phi) is 6.02. The summed E-state index contributed by atoms with van der Waals surface area (Å²) in [4.78, 5) is 38.8. The van der Waals surface area contributed by atoms with Crippen molar-refractivity contribution in [1.29, 1.82) is 0 Å². The molecular formula is C19H27N3O6. The number of aliphatic hydroxyl groups excluding tert-OH is 1. The predicted octanol–water partition coefficient (Wildman–Crippen LogP) is 0.876. The maximum absolute atomic E-state index is 13.1. The summed E-state index contributed by atoms with van der Waals surface area (Å²) >= 11 is 0. The van der Waals surface area contributed by atoms with Gasteiger partial charge in [0.25, 0.3) is 0 Å².